The third-order valence-electron chi connectivity index (χ3n) is 3.23. The fourth-order valence-electron chi connectivity index (χ4n) is 2.11. The van der Waals surface area contributed by atoms with Gasteiger partial charge in [-0.05, 0) is 37.3 Å². The highest BCUT2D eigenvalue weighted by molar-refractivity contribution is 7.89. The Labute approximate surface area is 118 Å². The van der Waals surface area contributed by atoms with Crippen LogP contribution in [0.4, 0.5) is 0 Å². The molecule has 0 unspecified atom stereocenters. The molecule has 108 valence electrons. The monoisotopic (exact) mass is 304 g/mol. The summed E-state index contributed by atoms with van der Waals surface area (Å²) in [6.07, 6.45) is 1.85. The number of nitrogens with one attached hydrogen (secondary N) is 2. The molecule has 0 radical (unpaired) electrons. The van der Waals surface area contributed by atoms with Gasteiger partial charge in [0.05, 0.1) is 4.90 Å². The predicted octanol–water partition coefficient (Wildman–Crippen LogP) is 1.17. The summed E-state index contributed by atoms with van der Waals surface area (Å²) in [5.41, 5.74) is 0. The summed E-state index contributed by atoms with van der Waals surface area (Å²) >= 11 is 1.46. The zero-order chi connectivity index (χ0) is 13.7. The van der Waals surface area contributed by atoms with Crippen LogP contribution in [0.3, 0.4) is 0 Å². The molecule has 2 heterocycles. The maximum atomic E-state index is 12.3. The molecule has 2 rings (SSSR count). The van der Waals surface area contributed by atoms with Crippen LogP contribution in [-0.2, 0) is 21.3 Å². The van der Waals surface area contributed by atoms with Crippen LogP contribution >= 0.6 is 11.3 Å². The van der Waals surface area contributed by atoms with Gasteiger partial charge in [-0.3, -0.25) is 0 Å². The standard InChI is InChI=1S/C12H20N2O3S2/c1-13-9-11-12(4-7-18-11)19(15,16)14-8-10-2-5-17-6-3-10/h4,7,10,13-14H,2-3,5-6,8-9H2,1H3. The first-order valence-electron chi connectivity index (χ1n) is 6.42. The van der Waals surface area contributed by atoms with Gasteiger partial charge in [-0.25, -0.2) is 13.1 Å². The predicted molar refractivity (Wildman–Crippen MR) is 75.8 cm³/mol. The van der Waals surface area contributed by atoms with Gasteiger partial charge in [-0.2, -0.15) is 0 Å². The summed E-state index contributed by atoms with van der Waals surface area (Å²) in [4.78, 5) is 1.25. The molecule has 0 saturated carbocycles. The molecule has 1 fully saturated rings. The Morgan fingerprint density at radius 2 is 2.16 bits per heavy atom. The first-order chi connectivity index (χ1) is 9.13. The normalized spacial score (nSPS) is 17.7. The van der Waals surface area contributed by atoms with Crippen LogP contribution in [0.15, 0.2) is 16.3 Å². The Morgan fingerprint density at radius 1 is 1.42 bits per heavy atom. The van der Waals surface area contributed by atoms with E-state index in [1.165, 1.54) is 11.3 Å². The molecule has 5 nitrogen and oxygen atoms in total. The first kappa shape index (κ1) is 14.9. The molecule has 2 N–H and O–H groups in total. The third kappa shape index (κ3) is 4.00. The summed E-state index contributed by atoms with van der Waals surface area (Å²) in [6.45, 7) is 2.54. The number of hydrogen-bond donors (Lipinski definition) is 2. The minimum absolute atomic E-state index is 0.384. The van der Waals surface area contributed by atoms with Crippen molar-refractivity contribution in [3.05, 3.63) is 16.3 Å². The van der Waals surface area contributed by atoms with Crippen molar-refractivity contribution >= 4 is 21.4 Å². The second kappa shape index (κ2) is 6.81. The summed E-state index contributed by atoms with van der Waals surface area (Å²) in [7, 11) is -1.58. The highest BCUT2D eigenvalue weighted by Crippen LogP contribution is 2.22. The summed E-state index contributed by atoms with van der Waals surface area (Å²) in [5.74, 6) is 0.384. The molecule has 19 heavy (non-hydrogen) atoms. The molecule has 0 aliphatic carbocycles. The second-order valence-corrected chi connectivity index (χ2v) is 7.38. The quantitative estimate of drug-likeness (QED) is 0.828. The van der Waals surface area contributed by atoms with Gasteiger partial charge in [0.25, 0.3) is 0 Å². The summed E-state index contributed by atoms with van der Waals surface area (Å²) in [5, 5.41) is 4.80. The van der Waals surface area contributed by atoms with Crippen molar-refractivity contribution in [1.82, 2.24) is 10.0 Å². The van der Waals surface area contributed by atoms with Crippen LogP contribution in [0.5, 0.6) is 0 Å². The molecule has 0 spiro atoms. The molecular weight excluding hydrogens is 284 g/mol. The van der Waals surface area contributed by atoms with Gasteiger partial charge >= 0.3 is 0 Å². The van der Waals surface area contributed by atoms with E-state index in [2.05, 4.69) is 10.0 Å². The lowest BCUT2D eigenvalue weighted by Gasteiger charge is -2.22. The summed E-state index contributed by atoms with van der Waals surface area (Å²) in [6, 6.07) is 1.67. The Hall–Kier alpha value is -0.470. The smallest absolute Gasteiger partial charge is 0.241 e. The van der Waals surface area contributed by atoms with Crippen LogP contribution < -0.4 is 10.0 Å². The van der Waals surface area contributed by atoms with Gasteiger partial charge < -0.3 is 10.1 Å². The maximum absolute atomic E-state index is 12.3. The Bertz CT molecular complexity index is 493. The number of hydrogen-bond acceptors (Lipinski definition) is 5. The van der Waals surface area contributed by atoms with E-state index in [0.29, 0.717) is 23.9 Å². The van der Waals surface area contributed by atoms with Crippen molar-refractivity contribution in [2.75, 3.05) is 26.8 Å². The zero-order valence-electron chi connectivity index (χ0n) is 11.0. The Kier molecular flexibility index (Phi) is 5.35. The average Bonchev–Trinajstić information content (AvgIpc) is 2.87. The topological polar surface area (TPSA) is 67.4 Å². The fraction of sp³-hybridized carbons (Fsp3) is 0.667. The number of sulfonamides is 1. The van der Waals surface area contributed by atoms with Crippen LogP contribution in [0.25, 0.3) is 0 Å². The van der Waals surface area contributed by atoms with Gasteiger partial charge in [0.2, 0.25) is 10.0 Å². The Balaban J connectivity index is 1.98. The van der Waals surface area contributed by atoms with Crippen LogP contribution in [0.1, 0.15) is 17.7 Å². The largest absolute Gasteiger partial charge is 0.381 e. The maximum Gasteiger partial charge on any atom is 0.241 e. The van der Waals surface area contributed by atoms with Crippen molar-refractivity contribution in [2.24, 2.45) is 5.92 Å². The van der Waals surface area contributed by atoms with Crippen molar-refractivity contribution < 1.29 is 13.2 Å². The molecule has 1 aliphatic rings. The second-order valence-electron chi connectivity index (χ2n) is 4.65. The molecule has 7 heteroatoms. The van der Waals surface area contributed by atoms with Gasteiger partial charge in [-0.1, -0.05) is 0 Å². The van der Waals surface area contributed by atoms with Crippen molar-refractivity contribution in [2.45, 2.75) is 24.3 Å². The lowest BCUT2D eigenvalue weighted by molar-refractivity contribution is 0.0678. The lowest BCUT2D eigenvalue weighted by atomic mass is 10.0. The summed E-state index contributed by atoms with van der Waals surface area (Å²) < 4.78 is 32.5. The molecule has 1 saturated heterocycles. The third-order valence-corrected chi connectivity index (χ3v) is 5.79. The molecule has 0 atom stereocenters. The minimum Gasteiger partial charge on any atom is -0.381 e. The van der Waals surface area contributed by atoms with E-state index >= 15 is 0 Å². The SMILES string of the molecule is CNCc1sccc1S(=O)(=O)NCC1CCOCC1. The molecule has 0 amide bonds. The van der Waals surface area contributed by atoms with E-state index in [-0.39, 0.29) is 0 Å². The van der Waals surface area contributed by atoms with Crippen LogP contribution in [-0.4, -0.2) is 35.2 Å². The van der Waals surface area contributed by atoms with E-state index in [9.17, 15) is 8.42 Å². The molecule has 1 aliphatic heterocycles. The molecular formula is C12H20N2O3S2. The van der Waals surface area contributed by atoms with Gasteiger partial charge in [0.15, 0.2) is 0 Å². The van der Waals surface area contributed by atoms with Crippen molar-refractivity contribution in [1.29, 1.82) is 0 Å². The minimum atomic E-state index is -3.39. The Morgan fingerprint density at radius 3 is 2.84 bits per heavy atom. The van der Waals surface area contributed by atoms with Crippen LogP contribution in [0.2, 0.25) is 0 Å². The number of ether oxygens (including phenoxy) is 1. The van der Waals surface area contributed by atoms with Gasteiger partial charge in [-0.15, -0.1) is 11.3 Å². The van der Waals surface area contributed by atoms with Crippen molar-refractivity contribution in [3.63, 3.8) is 0 Å². The fourth-order valence-corrected chi connectivity index (χ4v) is 4.68. The highest BCUT2D eigenvalue weighted by Gasteiger charge is 2.21. The average molecular weight is 304 g/mol. The molecule has 1 aromatic rings. The number of rotatable bonds is 6. The first-order valence-corrected chi connectivity index (χ1v) is 8.78. The van der Waals surface area contributed by atoms with Gasteiger partial charge in [0, 0.05) is 31.2 Å². The van der Waals surface area contributed by atoms with E-state index in [1.807, 2.05) is 12.4 Å². The van der Waals surface area contributed by atoms with E-state index in [0.717, 1.165) is 30.9 Å². The lowest BCUT2D eigenvalue weighted by Crippen LogP contribution is -2.32. The van der Waals surface area contributed by atoms with E-state index in [4.69, 9.17) is 4.74 Å². The van der Waals surface area contributed by atoms with E-state index < -0.39 is 10.0 Å². The molecule has 0 bridgehead atoms. The molecule has 0 aromatic carbocycles. The van der Waals surface area contributed by atoms with E-state index in [1.54, 1.807) is 6.07 Å². The zero-order valence-corrected chi connectivity index (χ0v) is 12.6. The van der Waals surface area contributed by atoms with Gasteiger partial charge in [0.1, 0.15) is 0 Å². The highest BCUT2D eigenvalue weighted by atomic mass is 32.2. The number of thiophene rings is 1. The van der Waals surface area contributed by atoms with Crippen molar-refractivity contribution in [3.8, 4) is 0 Å². The molecule has 1 aromatic heterocycles. The van der Waals surface area contributed by atoms with Crippen LogP contribution in [0, 0.1) is 5.92 Å².